The van der Waals surface area contributed by atoms with Crippen LogP contribution < -0.4 is 0 Å². The molecule has 0 amide bonds. The first-order valence-corrected chi connectivity index (χ1v) is 6.55. The van der Waals surface area contributed by atoms with Gasteiger partial charge < -0.3 is 0 Å². The van der Waals surface area contributed by atoms with E-state index >= 15 is 0 Å². The van der Waals surface area contributed by atoms with Crippen LogP contribution in [0, 0.1) is 5.92 Å². The van der Waals surface area contributed by atoms with E-state index in [0.717, 1.165) is 24.0 Å². The Bertz CT molecular complexity index is 443. The number of carbonyl (C=O) groups is 1. The molecule has 1 aromatic carbocycles. The van der Waals surface area contributed by atoms with E-state index in [0.29, 0.717) is 5.78 Å². The first-order chi connectivity index (χ1) is 8.24. The first-order valence-electron chi connectivity index (χ1n) is 6.55. The standard InChI is InChI=1S/C16H20O/c1-3-4-5-9-14-12(2)11-13-8-6-7-10-15(13)16(14)17/h6-8,10-11,14H,3-5,9H2,1-2H3. The van der Waals surface area contributed by atoms with Gasteiger partial charge in [-0.3, -0.25) is 4.79 Å². The number of hydrogen-bond donors (Lipinski definition) is 0. The zero-order chi connectivity index (χ0) is 12.3. The predicted molar refractivity (Wildman–Crippen MR) is 72.1 cm³/mol. The molecule has 0 aromatic heterocycles. The third-order valence-corrected chi connectivity index (χ3v) is 3.57. The van der Waals surface area contributed by atoms with Crippen molar-refractivity contribution in [2.75, 3.05) is 0 Å². The van der Waals surface area contributed by atoms with Gasteiger partial charge in [0.05, 0.1) is 0 Å². The van der Waals surface area contributed by atoms with Crippen molar-refractivity contribution in [3.63, 3.8) is 0 Å². The topological polar surface area (TPSA) is 17.1 Å². The van der Waals surface area contributed by atoms with Crippen molar-refractivity contribution in [2.45, 2.75) is 39.5 Å². The number of allylic oxidation sites excluding steroid dienone is 1. The van der Waals surface area contributed by atoms with Gasteiger partial charge in [0.2, 0.25) is 0 Å². The first kappa shape index (κ1) is 12.1. The molecule has 0 saturated heterocycles. The van der Waals surface area contributed by atoms with E-state index in [4.69, 9.17) is 0 Å². The quantitative estimate of drug-likeness (QED) is 0.694. The number of ketones is 1. The minimum Gasteiger partial charge on any atom is -0.293 e. The molecule has 0 bridgehead atoms. The summed E-state index contributed by atoms with van der Waals surface area (Å²) in [5, 5.41) is 0. The second kappa shape index (κ2) is 5.31. The molecule has 1 unspecified atom stereocenters. The van der Waals surface area contributed by atoms with Gasteiger partial charge in [-0.25, -0.2) is 0 Å². The molecule has 1 aliphatic carbocycles. The molecule has 0 spiro atoms. The Labute approximate surface area is 104 Å². The Kier molecular flexibility index (Phi) is 3.78. The summed E-state index contributed by atoms with van der Waals surface area (Å²) in [5.74, 6) is 0.438. The summed E-state index contributed by atoms with van der Waals surface area (Å²) >= 11 is 0. The number of Topliss-reactive ketones (excluding diaryl/α,β-unsaturated/α-hetero) is 1. The number of unbranched alkanes of at least 4 members (excludes halogenated alkanes) is 2. The van der Waals surface area contributed by atoms with E-state index in [1.807, 2.05) is 24.3 Å². The van der Waals surface area contributed by atoms with Crippen molar-refractivity contribution in [1.29, 1.82) is 0 Å². The van der Waals surface area contributed by atoms with Gasteiger partial charge in [-0.15, -0.1) is 0 Å². The van der Waals surface area contributed by atoms with E-state index in [2.05, 4.69) is 19.9 Å². The number of hydrogen-bond acceptors (Lipinski definition) is 1. The molecule has 1 nitrogen and oxygen atoms in total. The van der Waals surface area contributed by atoms with Gasteiger partial charge in [0.15, 0.2) is 5.78 Å². The summed E-state index contributed by atoms with van der Waals surface area (Å²) in [6.07, 6.45) is 6.76. The van der Waals surface area contributed by atoms with E-state index in [9.17, 15) is 4.79 Å². The summed E-state index contributed by atoms with van der Waals surface area (Å²) in [6.45, 7) is 4.28. The van der Waals surface area contributed by atoms with Crippen LogP contribution in [0.25, 0.3) is 6.08 Å². The molecule has 17 heavy (non-hydrogen) atoms. The second-order valence-corrected chi connectivity index (χ2v) is 4.89. The van der Waals surface area contributed by atoms with Gasteiger partial charge >= 0.3 is 0 Å². The summed E-state index contributed by atoms with van der Waals surface area (Å²) in [7, 11) is 0. The Balaban J connectivity index is 2.20. The molecule has 0 radical (unpaired) electrons. The maximum atomic E-state index is 12.4. The SMILES string of the molecule is CCCCCC1C(=O)c2ccccc2C=C1C. The lowest BCUT2D eigenvalue weighted by Crippen LogP contribution is -2.20. The molecule has 1 atom stereocenters. The third kappa shape index (κ3) is 2.49. The van der Waals surface area contributed by atoms with Crippen LogP contribution in [0.1, 0.15) is 55.5 Å². The van der Waals surface area contributed by atoms with E-state index in [1.165, 1.54) is 18.4 Å². The summed E-state index contributed by atoms with van der Waals surface area (Å²) < 4.78 is 0. The van der Waals surface area contributed by atoms with E-state index < -0.39 is 0 Å². The van der Waals surface area contributed by atoms with Crippen LogP contribution in [0.5, 0.6) is 0 Å². The highest BCUT2D eigenvalue weighted by Gasteiger charge is 2.26. The van der Waals surface area contributed by atoms with Crippen LogP contribution in [-0.2, 0) is 0 Å². The van der Waals surface area contributed by atoms with E-state index in [1.54, 1.807) is 0 Å². The van der Waals surface area contributed by atoms with Gasteiger partial charge in [0, 0.05) is 11.5 Å². The van der Waals surface area contributed by atoms with Gasteiger partial charge in [-0.2, -0.15) is 0 Å². The molecule has 0 heterocycles. The molecule has 1 aromatic rings. The largest absolute Gasteiger partial charge is 0.293 e. The van der Waals surface area contributed by atoms with Gasteiger partial charge in [0.1, 0.15) is 0 Å². The highest BCUT2D eigenvalue weighted by molar-refractivity contribution is 6.05. The van der Waals surface area contributed by atoms with Crippen molar-refractivity contribution >= 4 is 11.9 Å². The van der Waals surface area contributed by atoms with Crippen LogP contribution in [0.2, 0.25) is 0 Å². The zero-order valence-electron chi connectivity index (χ0n) is 10.7. The molecule has 1 heteroatoms. The molecule has 0 N–H and O–H groups in total. The molecule has 0 aliphatic heterocycles. The van der Waals surface area contributed by atoms with Gasteiger partial charge in [-0.1, -0.05) is 62.1 Å². The van der Waals surface area contributed by atoms with E-state index in [-0.39, 0.29) is 5.92 Å². The predicted octanol–water partition coefficient (Wildman–Crippen LogP) is 4.48. The van der Waals surface area contributed by atoms with Crippen LogP contribution in [0.15, 0.2) is 29.8 Å². The molecular formula is C16H20O. The van der Waals surface area contributed by atoms with Crippen LogP contribution in [-0.4, -0.2) is 5.78 Å². The Morgan fingerprint density at radius 3 is 2.71 bits per heavy atom. The fraction of sp³-hybridized carbons (Fsp3) is 0.438. The molecule has 90 valence electrons. The maximum absolute atomic E-state index is 12.4. The lowest BCUT2D eigenvalue weighted by Gasteiger charge is -2.22. The summed E-state index contributed by atoms with van der Waals surface area (Å²) in [5.41, 5.74) is 3.21. The van der Waals surface area contributed by atoms with Gasteiger partial charge in [-0.05, 0) is 18.9 Å². The minimum atomic E-state index is 0.122. The average Bonchev–Trinajstić information content (AvgIpc) is 2.33. The van der Waals surface area contributed by atoms with Crippen LogP contribution >= 0.6 is 0 Å². The van der Waals surface area contributed by atoms with Crippen molar-refractivity contribution in [3.8, 4) is 0 Å². The molecular weight excluding hydrogens is 208 g/mol. The summed E-state index contributed by atoms with van der Waals surface area (Å²) in [4.78, 5) is 12.4. The smallest absolute Gasteiger partial charge is 0.170 e. The summed E-state index contributed by atoms with van der Waals surface area (Å²) in [6, 6.07) is 7.92. The highest BCUT2D eigenvalue weighted by atomic mass is 16.1. The van der Waals surface area contributed by atoms with Crippen LogP contribution in [0.3, 0.4) is 0 Å². The molecule has 1 aliphatic rings. The Morgan fingerprint density at radius 1 is 1.18 bits per heavy atom. The highest BCUT2D eigenvalue weighted by Crippen LogP contribution is 2.31. The van der Waals surface area contributed by atoms with Crippen LogP contribution in [0.4, 0.5) is 0 Å². The number of fused-ring (bicyclic) bond motifs is 1. The average molecular weight is 228 g/mol. The third-order valence-electron chi connectivity index (χ3n) is 3.57. The van der Waals surface area contributed by atoms with Gasteiger partial charge in [0.25, 0.3) is 0 Å². The molecule has 0 saturated carbocycles. The fourth-order valence-electron chi connectivity index (χ4n) is 2.54. The molecule has 2 rings (SSSR count). The number of carbonyl (C=O) groups excluding carboxylic acids is 1. The normalized spacial score (nSPS) is 18.8. The number of rotatable bonds is 4. The van der Waals surface area contributed by atoms with Crippen molar-refractivity contribution in [1.82, 2.24) is 0 Å². The van der Waals surface area contributed by atoms with Crippen molar-refractivity contribution < 1.29 is 4.79 Å². The second-order valence-electron chi connectivity index (χ2n) is 4.89. The lowest BCUT2D eigenvalue weighted by molar-refractivity contribution is 0.0930. The Morgan fingerprint density at radius 2 is 1.94 bits per heavy atom. The molecule has 0 fully saturated rings. The fourth-order valence-corrected chi connectivity index (χ4v) is 2.54. The number of benzene rings is 1. The Hall–Kier alpha value is -1.37. The monoisotopic (exact) mass is 228 g/mol. The van der Waals surface area contributed by atoms with Crippen molar-refractivity contribution in [2.24, 2.45) is 5.92 Å². The van der Waals surface area contributed by atoms with Crippen molar-refractivity contribution in [3.05, 3.63) is 41.0 Å². The maximum Gasteiger partial charge on any atom is 0.170 e. The minimum absolute atomic E-state index is 0.122. The lowest BCUT2D eigenvalue weighted by atomic mass is 9.80. The zero-order valence-corrected chi connectivity index (χ0v) is 10.7.